The number of ether oxygens (including phenoxy) is 1. The third kappa shape index (κ3) is 4.04. The van der Waals surface area contributed by atoms with Crippen LogP contribution >= 0.6 is 0 Å². The molecule has 0 aliphatic carbocycles. The zero-order chi connectivity index (χ0) is 17.0. The molecule has 0 bridgehead atoms. The average molecular weight is 341 g/mol. The lowest BCUT2D eigenvalue weighted by Gasteiger charge is -2.09. The van der Waals surface area contributed by atoms with Gasteiger partial charge in [-0.2, -0.15) is 0 Å². The van der Waals surface area contributed by atoms with Gasteiger partial charge in [0.1, 0.15) is 0 Å². The number of halogens is 2. The van der Waals surface area contributed by atoms with E-state index in [1.54, 1.807) is 6.92 Å². The number of sulfonamides is 1. The van der Waals surface area contributed by atoms with Gasteiger partial charge in [-0.05, 0) is 43.3 Å². The summed E-state index contributed by atoms with van der Waals surface area (Å²) in [6.45, 7) is 1.83. The summed E-state index contributed by atoms with van der Waals surface area (Å²) >= 11 is 0. The van der Waals surface area contributed by atoms with E-state index in [2.05, 4.69) is 4.72 Å². The predicted octanol–water partition coefficient (Wildman–Crippen LogP) is 2.94. The summed E-state index contributed by atoms with van der Waals surface area (Å²) in [6, 6.07) is 7.88. The van der Waals surface area contributed by atoms with Crippen molar-refractivity contribution in [2.75, 3.05) is 11.3 Å². The highest BCUT2D eigenvalue weighted by atomic mass is 32.2. The molecule has 0 aliphatic rings. The average Bonchev–Trinajstić information content (AvgIpc) is 2.50. The summed E-state index contributed by atoms with van der Waals surface area (Å²) in [4.78, 5) is 11.2. The van der Waals surface area contributed by atoms with Crippen molar-refractivity contribution in [3.63, 3.8) is 0 Å². The molecule has 0 saturated carbocycles. The molecule has 0 atom stereocenters. The van der Waals surface area contributed by atoms with E-state index < -0.39 is 32.5 Å². The molecule has 0 saturated heterocycles. The molecule has 0 radical (unpaired) electrons. The van der Waals surface area contributed by atoms with Crippen LogP contribution in [0, 0.1) is 11.6 Å². The molecule has 0 amide bonds. The molecule has 8 heteroatoms. The molecule has 23 heavy (non-hydrogen) atoms. The molecule has 2 aromatic rings. The monoisotopic (exact) mass is 341 g/mol. The van der Waals surface area contributed by atoms with Crippen LogP contribution in [0.1, 0.15) is 17.3 Å². The number of esters is 1. The third-order valence-electron chi connectivity index (χ3n) is 2.83. The molecule has 0 aromatic heterocycles. The molecule has 0 unspecified atom stereocenters. The minimum atomic E-state index is -4.12. The Balaban J connectivity index is 2.28. The van der Waals surface area contributed by atoms with E-state index in [0.717, 1.165) is 12.1 Å². The minimum absolute atomic E-state index is 0.0975. The van der Waals surface area contributed by atoms with Crippen LogP contribution in [0.2, 0.25) is 0 Å². The van der Waals surface area contributed by atoms with Crippen molar-refractivity contribution in [3.8, 4) is 0 Å². The van der Waals surface area contributed by atoms with Gasteiger partial charge in [-0.25, -0.2) is 22.0 Å². The zero-order valence-corrected chi connectivity index (χ0v) is 12.9. The van der Waals surface area contributed by atoms with Gasteiger partial charge in [-0.3, -0.25) is 4.72 Å². The lowest BCUT2D eigenvalue weighted by molar-refractivity contribution is 0.0526. The number of benzene rings is 2. The van der Waals surface area contributed by atoms with Crippen molar-refractivity contribution < 1.29 is 26.7 Å². The van der Waals surface area contributed by atoms with E-state index in [1.165, 1.54) is 24.3 Å². The van der Waals surface area contributed by atoms with Gasteiger partial charge < -0.3 is 4.74 Å². The predicted molar refractivity (Wildman–Crippen MR) is 79.6 cm³/mol. The molecule has 2 rings (SSSR count). The Morgan fingerprint density at radius 1 is 1.13 bits per heavy atom. The molecule has 0 spiro atoms. The Morgan fingerprint density at radius 2 is 1.87 bits per heavy atom. The molecule has 0 aliphatic heterocycles. The summed E-state index contributed by atoms with van der Waals surface area (Å²) in [5.41, 5.74) is 0.262. The summed E-state index contributed by atoms with van der Waals surface area (Å²) < 4.78 is 57.4. The fourth-order valence-corrected chi connectivity index (χ4v) is 2.84. The van der Waals surface area contributed by atoms with Gasteiger partial charge in [0.2, 0.25) is 0 Å². The van der Waals surface area contributed by atoms with Gasteiger partial charge in [0, 0.05) is 5.69 Å². The van der Waals surface area contributed by atoms with Crippen LogP contribution in [0.5, 0.6) is 0 Å². The van der Waals surface area contributed by atoms with E-state index in [1.807, 2.05) is 0 Å². The molecule has 0 heterocycles. The highest BCUT2D eigenvalue weighted by Gasteiger charge is 2.17. The number of nitrogens with one attached hydrogen (secondary N) is 1. The smallest absolute Gasteiger partial charge is 0.338 e. The normalized spacial score (nSPS) is 11.1. The number of rotatable bonds is 5. The van der Waals surface area contributed by atoms with Crippen molar-refractivity contribution >= 4 is 21.7 Å². The number of anilines is 1. The molecular formula is C15H13F2NO4S. The van der Waals surface area contributed by atoms with Crippen molar-refractivity contribution in [1.82, 2.24) is 0 Å². The largest absolute Gasteiger partial charge is 0.462 e. The maximum absolute atomic E-state index is 13.2. The number of carbonyl (C=O) groups is 1. The molecule has 2 aromatic carbocycles. The Kier molecular flexibility index (Phi) is 4.95. The second kappa shape index (κ2) is 6.74. The van der Waals surface area contributed by atoms with Crippen molar-refractivity contribution in [3.05, 3.63) is 59.7 Å². The quantitative estimate of drug-likeness (QED) is 0.849. The Labute approximate surface area is 132 Å². The number of carbonyl (C=O) groups excluding carboxylic acids is 1. The second-order valence-electron chi connectivity index (χ2n) is 4.48. The maximum atomic E-state index is 13.2. The van der Waals surface area contributed by atoms with Gasteiger partial charge >= 0.3 is 5.97 Å². The van der Waals surface area contributed by atoms with Gasteiger partial charge in [0.25, 0.3) is 10.0 Å². The van der Waals surface area contributed by atoms with E-state index in [9.17, 15) is 22.0 Å². The topological polar surface area (TPSA) is 72.5 Å². The molecule has 0 fully saturated rings. The standard InChI is InChI=1S/C15H13F2NO4S/c1-2-22-15(19)10-4-3-5-11(8-10)18-23(20,21)12-6-7-13(16)14(17)9-12/h3-9,18H,2H2,1H3. The first-order chi connectivity index (χ1) is 10.8. The van der Waals surface area contributed by atoms with Crippen LogP contribution in [-0.2, 0) is 14.8 Å². The van der Waals surface area contributed by atoms with Crippen molar-refractivity contribution in [2.45, 2.75) is 11.8 Å². The van der Waals surface area contributed by atoms with Crippen LogP contribution < -0.4 is 4.72 Å². The van der Waals surface area contributed by atoms with E-state index >= 15 is 0 Å². The van der Waals surface area contributed by atoms with E-state index in [4.69, 9.17) is 4.74 Å². The lowest BCUT2D eigenvalue weighted by Crippen LogP contribution is -2.14. The molecular weight excluding hydrogens is 328 g/mol. The van der Waals surface area contributed by atoms with Crippen LogP contribution in [0.15, 0.2) is 47.4 Å². The van der Waals surface area contributed by atoms with Gasteiger partial charge in [-0.1, -0.05) is 6.07 Å². The summed E-state index contributed by atoms with van der Waals surface area (Å²) in [6.07, 6.45) is 0. The highest BCUT2D eigenvalue weighted by Crippen LogP contribution is 2.19. The lowest BCUT2D eigenvalue weighted by atomic mass is 10.2. The van der Waals surface area contributed by atoms with E-state index in [0.29, 0.717) is 6.07 Å². The SMILES string of the molecule is CCOC(=O)c1cccc(NS(=O)(=O)c2ccc(F)c(F)c2)c1. The van der Waals surface area contributed by atoms with Crippen LogP contribution in [0.3, 0.4) is 0 Å². The van der Waals surface area contributed by atoms with Gasteiger partial charge in [0.15, 0.2) is 11.6 Å². The van der Waals surface area contributed by atoms with Gasteiger partial charge in [-0.15, -0.1) is 0 Å². The van der Waals surface area contributed by atoms with Crippen molar-refractivity contribution in [2.24, 2.45) is 0 Å². The molecule has 5 nitrogen and oxygen atoms in total. The first kappa shape index (κ1) is 16.9. The number of hydrogen-bond donors (Lipinski definition) is 1. The van der Waals surface area contributed by atoms with Crippen LogP contribution in [0.25, 0.3) is 0 Å². The fraction of sp³-hybridized carbons (Fsp3) is 0.133. The van der Waals surface area contributed by atoms with Crippen LogP contribution in [-0.4, -0.2) is 21.0 Å². The molecule has 1 N–H and O–H groups in total. The van der Waals surface area contributed by atoms with E-state index in [-0.39, 0.29) is 17.9 Å². The first-order valence-corrected chi connectivity index (χ1v) is 8.07. The first-order valence-electron chi connectivity index (χ1n) is 6.58. The third-order valence-corrected chi connectivity index (χ3v) is 4.21. The van der Waals surface area contributed by atoms with Crippen molar-refractivity contribution in [1.29, 1.82) is 0 Å². The Morgan fingerprint density at radius 3 is 2.52 bits per heavy atom. The molecule has 122 valence electrons. The Bertz CT molecular complexity index is 837. The summed E-state index contributed by atoms with van der Waals surface area (Å²) in [5, 5.41) is 0. The van der Waals surface area contributed by atoms with Gasteiger partial charge in [0.05, 0.1) is 17.1 Å². The highest BCUT2D eigenvalue weighted by molar-refractivity contribution is 7.92. The minimum Gasteiger partial charge on any atom is -0.462 e. The zero-order valence-electron chi connectivity index (χ0n) is 12.0. The summed E-state index contributed by atoms with van der Waals surface area (Å²) in [5.74, 6) is -3.01. The second-order valence-corrected chi connectivity index (χ2v) is 6.17. The fourth-order valence-electron chi connectivity index (χ4n) is 1.78. The maximum Gasteiger partial charge on any atom is 0.338 e. The number of hydrogen-bond acceptors (Lipinski definition) is 4. The summed E-state index contributed by atoms with van der Waals surface area (Å²) in [7, 11) is -4.12. The Hall–Kier alpha value is -2.48. The van der Waals surface area contributed by atoms with Crippen LogP contribution in [0.4, 0.5) is 14.5 Å².